The molecule has 0 aliphatic carbocycles. The summed E-state index contributed by atoms with van der Waals surface area (Å²) in [6.45, 7) is 5.05. The standard InChI is InChI=1S/C10H11ClN2/c1-3-13-7(2)9-6-8(11)4-5-10(9)12-13/h4-6H,3H2,1-2H3. The number of hydrogen-bond acceptors (Lipinski definition) is 1. The molecular weight excluding hydrogens is 184 g/mol. The smallest absolute Gasteiger partial charge is 0.0927 e. The maximum atomic E-state index is 5.91. The van der Waals surface area contributed by atoms with Gasteiger partial charge >= 0.3 is 0 Å². The number of hydrogen-bond donors (Lipinski definition) is 0. The van der Waals surface area contributed by atoms with Gasteiger partial charge in [0.2, 0.25) is 0 Å². The number of halogens is 1. The van der Waals surface area contributed by atoms with Crippen LogP contribution in [-0.2, 0) is 6.54 Å². The molecule has 68 valence electrons. The van der Waals surface area contributed by atoms with E-state index in [-0.39, 0.29) is 0 Å². The van der Waals surface area contributed by atoms with E-state index in [2.05, 4.69) is 18.9 Å². The molecule has 2 aromatic rings. The first-order valence-corrected chi connectivity index (χ1v) is 4.73. The zero-order valence-corrected chi connectivity index (χ0v) is 8.47. The molecule has 0 unspecified atom stereocenters. The lowest BCUT2D eigenvalue weighted by atomic mass is 10.2. The highest BCUT2D eigenvalue weighted by Gasteiger charge is 2.05. The monoisotopic (exact) mass is 194 g/mol. The van der Waals surface area contributed by atoms with Gasteiger partial charge in [0.25, 0.3) is 0 Å². The lowest BCUT2D eigenvalue weighted by Gasteiger charge is -1.96. The second-order valence-corrected chi connectivity index (χ2v) is 3.50. The molecule has 0 saturated carbocycles. The quantitative estimate of drug-likeness (QED) is 0.683. The van der Waals surface area contributed by atoms with Gasteiger partial charge in [0.1, 0.15) is 0 Å². The van der Waals surface area contributed by atoms with Crippen LogP contribution >= 0.6 is 11.6 Å². The van der Waals surface area contributed by atoms with Crippen molar-refractivity contribution in [3.63, 3.8) is 0 Å². The summed E-state index contributed by atoms with van der Waals surface area (Å²) < 4.78 is 1.99. The van der Waals surface area contributed by atoms with E-state index in [0.29, 0.717) is 0 Å². The first-order valence-electron chi connectivity index (χ1n) is 4.35. The van der Waals surface area contributed by atoms with Gasteiger partial charge in [0.05, 0.1) is 5.52 Å². The summed E-state index contributed by atoms with van der Waals surface area (Å²) in [7, 11) is 0. The highest BCUT2D eigenvalue weighted by atomic mass is 35.5. The molecule has 0 saturated heterocycles. The second kappa shape index (κ2) is 3.04. The van der Waals surface area contributed by atoms with Crippen LogP contribution in [0.5, 0.6) is 0 Å². The van der Waals surface area contributed by atoms with Crippen molar-refractivity contribution in [2.75, 3.05) is 0 Å². The molecule has 0 radical (unpaired) electrons. The van der Waals surface area contributed by atoms with Crippen LogP contribution < -0.4 is 0 Å². The number of fused-ring (bicyclic) bond motifs is 1. The van der Waals surface area contributed by atoms with Gasteiger partial charge in [0, 0.05) is 22.6 Å². The first kappa shape index (κ1) is 8.57. The van der Waals surface area contributed by atoms with Gasteiger partial charge in [-0.15, -0.1) is 0 Å². The topological polar surface area (TPSA) is 17.8 Å². The molecule has 0 amide bonds. The van der Waals surface area contributed by atoms with Crippen LogP contribution in [0.4, 0.5) is 0 Å². The van der Waals surface area contributed by atoms with E-state index < -0.39 is 0 Å². The second-order valence-electron chi connectivity index (χ2n) is 3.06. The Balaban J connectivity index is 2.77. The van der Waals surface area contributed by atoms with E-state index in [9.17, 15) is 0 Å². The molecule has 0 bridgehead atoms. The SMILES string of the molecule is CCn1nc2ccc(Cl)cc2c1C. The maximum absolute atomic E-state index is 5.91. The Morgan fingerprint density at radius 2 is 2.23 bits per heavy atom. The molecule has 2 nitrogen and oxygen atoms in total. The summed E-state index contributed by atoms with van der Waals surface area (Å²) in [6.07, 6.45) is 0. The number of aryl methyl sites for hydroxylation is 2. The Kier molecular flexibility index (Phi) is 2.00. The van der Waals surface area contributed by atoms with Crippen LogP contribution in [-0.4, -0.2) is 9.78 Å². The average molecular weight is 195 g/mol. The van der Waals surface area contributed by atoms with E-state index in [1.807, 2.05) is 22.9 Å². The van der Waals surface area contributed by atoms with Crippen LogP contribution in [0.15, 0.2) is 18.2 Å². The van der Waals surface area contributed by atoms with Crippen molar-refractivity contribution in [3.05, 3.63) is 28.9 Å². The Morgan fingerprint density at radius 3 is 2.92 bits per heavy atom. The van der Waals surface area contributed by atoms with Crippen molar-refractivity contribution in [1.82, 2.24) is 9.78 Å². The van der Waals surface area contributed by atoms with Crippen LogP contribution in [0.1, 0.15) is 12.6 Å². The van der Waals surface area contributed by atoms with Crippen LogP contribution in [0.2, 0.25) is 5.02 Å². The summed E-state index contributed by atoms with van der Waals surface area (Å²) in [5.74, 6) is 0. The van der Waals surface area contributed by atoms with Gasteiger partial charge in [-0.1, -0.05) is 11.6 Å². The molecule has 0 N–H and O–H groups in total. The lowest BCUT2D eigenvalue weighted by molar-refractivity contribution is 0.647. The first-order chi connectivity index (χ1) is 6.22. The van der Waals surface area contributed by atoms with E-state index in [0.717, 1.165) is 22.5 Å². The van der Waals surface area contributed by atoms with Crippen molar-refractivity contribution < 1.29 is 0 Å². The third-order valence-electron chi connectivity index (χ3n) is 2.26. The fourth-order valence-corrected chi connectivity index (χ4v) is 1.71. The third kappa shape index (κ3) is 1.31. The molecule has 1 aromatic carbocycles. The van der Waals surface area contributed by atoms with Crippen molar-refractivity contribution in [2.45, 2.75) is 20.4 Å². The minimum absolute atomic E-state index is 0.770. The molecule has 1 heterocycles. The van der Waals surface area contributed by atoms with Gasteiger partial charge in [-0.05, 0) is 32.0 Å². The fraction of sp³-hybridized carbons (Fsp3) is 0.300. The molecule has 1 aromatic heterocycles. The van der Waals surface area contributed by atoms with E-state index >= 15 is 0 Å². The largest absolute Gasteiger partial charge is 0.269 e. The molecule has 0 spiro atoms. The molecule has 0 fully saturated rings. The molecule has 0 aliphatic heterocycles. The Bertz CT molecular complexity index is 445. The normalized spacial score (nSPS) is 11.0. The molecule has 2 rings (SSSR count). The highest BCUT2D eigenvalue weighted by Crippen LogP contribution is 2.21. The zero-order chi connectivity index (χ0) is 9.42. The summed E-state index contributed by atoms with van der Waals surface area (Å²) in [4.78, 5) is 0. The van der Waals surface area contributed by atoms with Crippen molar-refractivity contribution in [3.8, 4) is 0 Å². The minimum atomic E-state index is 0.770. The van der Waals surface area contributed by atoms with E-state index in [1.54, 1.807) is 0 Å². The Morgan fingerprint density at radius 1 is 1.46 bits per heavy atom. The number of benzene rings is 1. The van der Waals surface area contributed by atoms with Gasteiger partial charge < -0.3 is 0 Å². The molecule has 0 atom stereocenters. The lowest BCUT2D eigenvalue weighted by Crippen LogP contribution is -1.97. The summed E-state index contributed by atoms with van der Waals surface area (Å²) in [5.41, 5.74) is 2.20. The minimum Gasteiger partial charge on any atom is -0.269 e. The fourth-order valence-electron chi connectivity index (χ4n) is 1.54. The molecule has 13 heavy (non-hydrogen) atoms. The van der Waals surface area contributed by atoms with Gasteiger partial charge in [-0.3, -0.25) is 4.68 Å². The molecule has 0 aliphatic rings. The predicted molar refractivity (Wildman–Crippen MR) is 55.2 cm³/mol. The van der Waals surface area contributed by atoms with Crippen LogP contribution in [0, 0.1) is 6.92 Å². The highest BCUT2D eigenvalue weighted by molar-refractivity contribution is 6.31. The number of nitrogens with zero attached hydrogens (tertiary/aromatic N) is 2. The third-order valence-corrected chi connectivity index (χ3v) is 2.50. The van der Waals surface area contributed by atoms with Crippen LogP contribution in [0.3, 0.4) is 0 Å². The number of rotatable bonds is 1. The van der Waals surface area contributed by atoms with Crippen LogP contribution in [0.25, 0.3) is 10.9 Å². The van der Waals surface area contributed by atoms with E-state index in [4.69, 9.17) is 11.6 Å². The van der Waals surface area contributed by atoms with Gasteiger partial charge in [0.15, 0.2) is 0 Å². The van der Waals surface area contributed by atoms with Crippen molar-refractivity contribution >= 4 is 22.5 Å². The van der Waals surface area contributed by atoms with Gasteiger partial charge in [-0.25, -0.2) is 0 Å². The summed E-state index contributed by atoms with van der Waals surface area (Å²) in [6, 6.07) is 5.79. The predicted octanol–water partition coefficient (Wildman–Crippen LogP) is 3.02. The van der Waals surface area contributed by atoms with Crippen molar-refractivity contribution in [1.29, 1.82) is 0 Å². The maximum Gasteiger partial charge on any atom is 0.0927 e. The Labute approximate surface area is 82.1 Å². The molecular formula is C10H11ClN2. The van der Waals surface area contributed by atoms with Crippen molar-refractivity contribution in [2.24, 2.45) is 0 Å². The van der Waals surface area contributed by atoms with E-state index in [1.165, 1.54) is 5.69 Å². The Hall–Kier alpha value is -1.02. The average Bonchev–Trinajstić information content (AvgIpc) is 2.44. The zero-order valence-electron chi connectivity index (χ0n) is 7.71. The summed E-state index contributed by atoms with van der Waals surface area (Å²) in [5, 5.41) is 6.35. The number of aromatic nitrogens is 2. The van der Waals surface area contributed by atoms with Gasteiger partial charge in [-0.2, -0.15) is 5.10 Å². The summed E-state index contributed by atoms with van der Waals surface area (Å²) >= 11 is 5.91. The molecule has 3 heteroatoms.